The molecule has 2 aliphatic rings. The van der Waals surface area contributed by atoms with Crippen molar-refractivity contribution in [2.45, 2.75) is 67.5 Å². The van der Waals surface area contributed by atoms with Crippen molar-refractivity contribution in [3.63, 3.8) is 0 Å². The van der Waals surface area contributed by atoms with Gasteiger partial charge < -0.3 is 47.7 Å². The maximum atomic E-state index is 14.2. The number of carbonyl (C=O) groups excluding carboxylic acids is 6. The average Bonchev–Trinajstić information content (AvgIpc) is 3.44. The fourth-order valence-corrected chi connectivity index (χ4v) is 8.95. The maximum Gasteiger partial charge on any atom is 0.338 e. The Morgan fingerprint density at radius 3 is 1.10 bits per heavy atom. The van der Waals surface area contributed by atoms with E-state index in [4.69, 9.17) is 42.6 Å². The fourth-order valence-electron chi connectivity index (χ4n) is 8.00. The zero-order valence-corrected chi connectivity index (χ0v) is 40.0. The molecule has 0 aromatic heterocycles. The molecule has 10 atom stereocenters. The van der Waals surface area contributed by atoms with Crippen molar-refractivity contribution in [1.82, 2.24) is 0 Å². The van der Waals surface area contributed by atoms with Crippen LogP contribution >= 0.6 is 11.8 Å². The molecule has 376 valence electrons. The van der Waals surface area contributed by atoms with Crippen LogP contribution in [0.25, 0.3) is 0 Å². The standard InChI is InChI=1S/C56H50O16S/c1-2-73-56-48(71-54(63)40-31-19-8-20-32-40)47(70-53(62)39-29-17-7-18-30-39)45(42(67-56)34-65-50(59)36-23-11-4-12-24-36)72-55-43(57)46(69-52(61)38-27-15-6-16-28-38)44(68-51(60)37-25-13-5-14-26-37)41(66-55)33-64-49(58)35-21-9-3-10-22-35/h3-32,41-48,55-57H,2,33-34H2,1H3/t41?,42?,43?,44-,45-,46-,47?,48?,55-,56+/m1/s1. The van der Waals surface area contributed by atoms with E-state index >= 15 is 0 Å². The lowest BCUT2D eigenvalue weighted by molar-refractivity contribution is -0.336. The quantitative estimate of drug-likeness (QED) is 0.0652. The zero-order valence-electron chi connectivity index (χ0n) is 39.2. The minimum atomic E-state index is -2.05. The molecule has 6 aromatic carbocycles. The highest BCUT2D eigenvalue weighted by Crippen LogP contribution is 2.38. The lowest BCUT2D eigenvalue weighted by Crippen LogP contribution is -2.66. The Balaban J connectivity index is 1.21. The van der Waals surface area contributed by atoms with Gasteiger partial charge in [0.1, 0.15) is 43.1 Å². The minimum Gasteiger partial charge on any atom is -0.459 e. The number of hydrogen-bond acceptors (Lipinski definition) is 17. The molecule has 73 heavy (non-hydrogen) atoms. The van der Waals surface area contributed by atoms with Crippen LogP contribution in [0.1, 0.15) is 69.1 Å². The van der Waals surface area contributed by atoms with Gasteiger partial charge in [0.15, 0.2) is 30.7 Å². The molecule has 0 bridgehead atoms. The molecular formula is C56H50O16S. The van der Waals surface area contributed by atoms with Gasteiger partial charge in [0.2, 0.25) is 0 Å². The summed E-state index contributed by atoms with van der Waals surface area (Å²) < 4.78 is 55.9. The van der Waals surface area contributed by atoms with Crippen molar-refractivity contribution in [2.24, 2.45) is 0 Å². The van der Waals surface area contributed by atoms with E-state index < -0.39 is 110 Å². The molecule has 2 fully saturated rings. The predicted octanol–water partition coefficient (Wildman–Crippen LogP) is 7.55. The fraction of sp³-hybridized carbons (Fsp3) is 0.250. The second-order valence-corrected chi connectivity index (χ2v) is 17.9. The number of rotatable bonds is 18. The number of esters is 6. The van der Waals surface area contributed by atoms with Gasteiger partial charge in [-0.3, -0.25) is 0 Å². The lowest BCUT2D eigenvalue weighted by Gasteiger charge is -2.48. The molecule has 2 heterocycles. The Labute approximate surface area is 424 Å². The van der Waals surface area contributed by atoms with E-state index in [1.54, 1.807) is 121 Å². The summed E-state index contributed by atoms with van der Waals surface area (Å²) in [6.07, 6.45) is -15.1. The van der Waals surface area contributed by atoms with Crippen molar-refractivity contribution in [3.8, 4) is 0 Å². The first kappa shape index (κ1) is 51.7. The van der Waals surface area contributed by atoms with Crippen LogP contribution < -0.4 is 0 Å². The smallest absolute Gasteiger partial charge is 0.338 e. The molecule has 1 N–H and O–H groups in total. The van der Waals surface area contributed by atoms with Crippen LogP contribution in [0.2, 0.25) is 0 Å². The summed E-state index contributed by atoms with van der Waals surface area (Å²) >= 11 is 1.20. The highest BCUT2D eigenvalue weighted by atomic mass is 32.2. The van der Waals surface area contributed by atoms with Crippen LogP contribution in [0.15, 0.2) is 182 Å². The highest BCUT2D eigenvalue weighted by Gasteiger charge is 2.57. The van der Waals surface area contributed by atoms with Crippen molar-refractivity contribution >= 4 is 47.6 Å². The van der Waals surface area contributed by atoms with Gasteiger partial charge in [-0.2, -0.15) is 0 Å². The molecule has 16 nitrogen and oxygen atoms in total. The summed E-state index contributed by atoms with van der Waals surface area (Å²) in [4.78, 5) is 83.1. The second kappa shape index (κ2) is 25.1. The Morgan fingerprint density at radius 2 is 0.726 bits per heavy atom. The summed E-state index contributed by atoms with van der Waals surface area (Å²) in [6, 6.07) is 47.9. The third kappa shape index (κ3) is 13.3. The SMILES string of the molecule is CCS[C@@H]1OC(COC(=O)c2ccccc2)[C@@H](O[C@H]2OC(COC(=O)c3ccccc3)[C@@H](OC(=O)c3ccccc3)[C@H](OC(=O)c3ccccc3)C2O)C(OC(=O)c2ccccc2)C1OC(=O)c1ccccc1. The lowest BCUT2D eigenvalue weighted by atomic mass is 9.96. The van der Waals surface area contributed by atoms with E-state index in [0.717, 1.165) is 0 Å². The van der Waals surface area contributed by atoms with Gasteiger partial charge in [0, 0.05) is 0 Å². The largest absolute Gasteiger partial charge is 0.459 e. The topological polar surface area (TPSA) is 206 Å². The highest BCUT2D eigenvalue weighted by molar-refractivity contribution is 7.99. The average molecular weight is 1010 g/mol. The second-order valence-electron chi connectivity index (χ2n) is 16.5. The van der Waals surface area contributed by atoms with Crippen LogP contribution in [0.4, 0.5) is 0 Å². The molecule has 6 aromatic rings. The van der Waals surface area contributed by atoms with Crippen molar-refractivity contribution < 1.29 is 76.5 Å². The number of ether oxygens (including phenoxy) is 9. The molecule has 0 radical (unpaired) electrons. The Bertz CT molecular complexity index is 2770. The summed E-state index contributed by atoms with van der Waals surface area (Å²) in [5, 5.41) is 12.5. The van der Waals surface area contributed by atoms with Crippen LogP contribution in [-0.2, 0) is 42.6 Å². The Kier molecular flexibility index (Phi) is 17.8. The molecule has 0 spiro atoms. The van der Waals surface area contributed by atoms with E-state index in [-0.39, 0.29) is 33.4 Å². The van der Waals surface area contributed by atoms with Crippen molar-refractivity contribution in [1.29, 1.82) is 0 Å². The van der Waals surface area contributed by atoms with Gasteiger partial charge in [0.25, 0.3) is 0 Å². The molecule has 0 aliphatic carbocycles. The van der Waals surface area contributed by atoms with Crippen molar-refractivity contribution in [3.05, 3.63) is 215 Å². The monoisotopic (exact) mass is 1010 g/mol. The van der Waals surface area contributed by atoms with E-state index in [0.29, 0.717) is 5.75 Å². The first-order valence-corrected chi connectivity index (χ1v) is 24.4. The first-order chi connectivity index (χ1) is 35.6. The summed E-state index contributed by atoms with van der Waals surface area (Å²) in [7, 11) is 0. The third-order valence-electron chi connectivity index (χ3n) is 11.6. The molecule has 5 unspecified atom stereocenters. The first-order valence-electron chi connectivity index (χ1n) is 23.3. The summed E-state index contributed by atoms with van der Waals surface area (Å²) in [5.74, 6) is -4.68. The normalized spacial score (nSPS) is 23.4. The number of thioether (sulfide) groups is 1. The molecular weight excluding hydrogens is 961 g/mol. The number of hydrogen-bond donors (Lipinski definition) is 1. The van der Waals surface area contributed by atoms with Crippen LogP contribution in [-0.4, -0.2) is 120 Å². The molecule has 2 aliphatic heterocycles. The minimum absolute atomic E-state index is 0.0651. The molecule has 17 heteroatoms. The van der Waals surface area contributed by atoms with Crippen molar-refractivity contribution in [2.75, 3.05) is 19.0 Å². The van der Waals surface area contributed by atoms with Crippen LogP contribution in [0.5, 0.6) is 0 Å². The number of carbonyl (C=O) groups is 6. The van der Waals surface area contributed by atoms with Gasteiger partial charge >= 0.3 is 35.8 Å². The number of aliphatic hydroxyl groups is 1. The van der Waals surface area contributed by atoms with Crippen LogP contribution in [0.3, 0.4) is 0 Å². The Morgan fingerprint density at radius 1 is 0.411 bits per heavy atom. The Hall–Kier alpha value is -7.67. The third-order valence-corrected chi connectivity index (χ3v) is 12.7. The number of benzene rings is 6. The number of aliphatic hydroxyl groups excluding tert-OH is 1. The molecule has 8 rings (SSSR count). The maximum absolute atomic E-state index is 14.2. The molecule has 0 amide bonds. The molecule has 0 saturated carbocycles. The summed E-state index contributed by atoms with van der Waals surface area (Å²) in [5.41, 5.74) is -0.292. The van der Waals surface area contributed by atoms with E-state index in [2.05, 4.69) is 0 Å². The van der Waals surface area contributed by atoms with Gasteiger partial charge in [-0.15, -0.1) is 11.8 Å². The zero-order chi connectivity index (χ0) is 51.1. The van der Waals surface area contributed by atoms with Crippen LogP contribution in [0, 0.1) is 0 Å². The van der Waals surface area contributed by atoms with E-state index in [9.17, 15) is 33.9 Å². The predicted molar refractivity (Wildman–Crippen MR) is 262 cm³/mol. The van der Waals surface area contributed by atoms with E-state index in [1.807, 2.05) is 6.92 Å². The van der Waals surface area contributed by atoms with Gasteiger partial charge in [-0.05, 0) is 78.5 Å². The van der Waals surface area contributed by atoms with E-state index in [1.165, 1.54) is 72.4 Å². The van der Waals surface area contributed by atoms with Gasteiger partial charge in [-0.1, -0.05) is 116 Å². The summed E-state index contributed by atoms with van der Waals surface area (Å²) in [6.45, 7) is 0.615. The van der Waals surface area contributed by atoms with Gasteiger partial charge in [0.05, 0.1) is 33.4 Å². The molecule has 2 saturated heterocycles. The van der Waals surface area contributed by atoms with Gasteiger partial charge in [-0.25, -0.2) is 28.8 Å².